The van der Waals surface area contributed by atoms with Gasteiger partial charge in [0.2, 0.25) is 0 Å². The number of anilines is 1. The van der Waals surface area contributed by atoms with Gasteiger partial charge in [-0.25, -0.2) is 0 Å². The maximum atomic E-state index is 12.3. The van der Waals surface area contributed by atoms with E-state index in [1.54, 1.807) is 54.7 Å². The van der Waals surface area contributed by atoms with Gasteiger partial charge in [0, 0.05) is 28.5 Å². The van der Waals surface area contributed by atoms with Crippen LogP contribution in [-0.4, -0.2) is 17.0 Å². The van der Waals surface area contributed by atoms with Crippen molar-refractivity contribution in [3.05, 3.63) is 98.5 Å². The van der Waals surface area contributed by atoms with Crippen LogP contribution in [0.3, 0.4) is 0 Å². The summed E-state index contributed by atoms with van der Waals surface area (Å²) in [5, 5.41) is 13.5. The summed E-state index contributed by atoms with van der Waals surface area (Å²) in [6.45, 7) is 0. The number of halogens is 1. The molecule has 0 fully saturated rings. The van der Waals surface area contributed by atoms with E-state index in [-0.39, 0.29) is 11.6 Å². The number of nitro groups is 1. The molecule has 0 unspecified atom stereocenters. The molecule has 0 atom stereocenters. The lowest BCUT2D eigenvalue weighted by Crippen LogP contribution is -2.12. The fourth-order valence-electron chi connectivity index (χ4n) is 2.31. The number of nitrogens with one attached hydrogen (secondary N) is 1. The molecule has 0 aliphatic heterocycles. The first-order chi connectivity index (χ1) is 13.0. The largest absolute Gasteiger partial charge is 0.322 e. The first-order valence-corrected chi connectivity index (χ1v) is 8.77. The normalized spacial score (nSPS) is 10.7. The highest BCUT2D eigenvalue weighted by Gasteiger charge is 2.09. The van der Waals surface area contributed by atoms with Crippen molar-refractivity contribution in [2.45, 2.75) is 0 Å². The van der Waals surface area contributed by atoms with Crippen LogP contribution in [0.25, 0.3) is 0 Å². The second-order valence-electron chi connectivity index (χ2n) is 5.59. The van der Waals surface area contributed by atoms with Crippen molar-refractivity contribution in [1.82, 2.24) is 0 Å². The Hall–Kier alpha value is -3.32. The number of rotatable bonds is 5. The standard InChI is InChI=1S/C20H14BrN3O3/c21-19-4-2-1-3-18(19)20(25)23-16-9-7-15(8-10-16)22-13-14-5-11-17(12-6-14)24(26)27/h1-13H,(H,23,25). The highest BCUT2D eigenvalue weighted by atomic mass is 79.9. The molecule has 6 nitrogen and oxygen atoms in total. The molecule has 0 bridgehead atoms. The zero-order valence-electron chi connectivity index (χ0n) is 14.0. The van der Waals surface area contributed by atoms with Gasteiger partial charge in [0.05, 0.1) is 16.2 Å². The Labute approximate surface area is 163 Å². The lowest BCUT2D eigenvalue weighted by atomic mass is 10.2. The molecule has 0 heterocycles. The number of nitrogens with zero attached hydrogens (tertiary/aromatic N) is 2. The van der Waals surface area contributed by atoms with Gasteiger partial charge in [0.25, 0.3) is 11.6 Å². The summed E-state index contributed by atoms with van der Waals surface area (Å²) in [6, 6.07) is 20.4. The molecule has 1 amide bonds. The number of benzene rings is 3. The number of carbonyl (C=O) groups is 1. The van der Waals surface area contributed by atoms with Gasteiger partial charge in [0.15, 0.2) is 0 Å². The molecule has 0 aliphatic carbocycles. The van der Waals surface area contributed by atoms with Gasteiger partial charge in [-0.05, 0) is 70.0 Å². The van der Waals surface area contributed by atoms with Gasteiger partial charge in [-0.2, -0.15) is 0 Å². The first-order valence-electron chi connectivity index (χ1n) is 7.97. The summed E-state index contributed by atoms with van der Waals surface area (Å²) >= 11 is 3.36. The van der Waals surface area contributed by atoms with E-state index in [0.29, 0.717) is 16.9 Å². The highest BCUT2D eigenvalue weighted by Crippen LogP contribution is 2.20. The molecule has 27 heavy (non-hydrogen) atoms. The maximum absolute atomic E-state index is 12.3. The minimum Gasteiger partial charge on any atom is -0.322 e. The van der Waals surface area contributed by atoms with Crippen molar-refractivity contribution in [1.29, 1.82) is 0 Å². The van der Waals surface area contributed by atoms with E-state index in [2.05, 4.69) is 26.2 Å². The molecule has 0 spiro atoms. The summed E-state index contributed by atoms with van der Waals surface area (Å²) in [5.74, 6) is -0.204. The van der Waals surface area contributed by atoms with E-state index in [9.17, 15) is 14.9 Å². The monoisotopic (exact) mass is 423 g/mol. The SMILES string of the molecule is O=C(Nc1ccc(N=Cc2ccc([N+](=O)[O-])cc2)cc1)c1ccccc1Br. The van der Waals surface area contributed by atoms with Crippen molar-refractivity contribution in [2.24, 2.45) is 4.99 Å². The summed E-state index contributed by atoms with van der Waals surface area (Å²) in [5.41, 5.74) is 2.71. The average Bonchev–Trinajstić information content (AvgIpc) is 2.68. The topological polar surface area (TPSA) is 84.6 Å². The van der Waals surface area contributed by atoms with Crippen LogP contribution in [0.4, 0.5) is 17.1 Å². The molecule has 7 heteroatoms. The molecule has 1 N–H and O–H groups in total. The van der Waals surface area contributed by atoms with Crippen LogP contribution < -0.4 is 5.32 Å². The average molecular weight is 424 g/mol. The Bertz CT molecular complexity index is 1000. The van der Waals surface area contributed by atoms with Crippen molar-refractivity contribution >= 4 is 45.1 Å². The van der Waals surface area contributed by atoms with E-state index >= 15 is 0 Å². The van der Waals surface area contributed by atoms with Crippen molar-refractivity contribution < 1.29 is 9.72 Å². The van der Waals surface area contributed by atoms with Crippen LogP contribution in [0.15, 0.2) is 82.3 Å². The predicted molar refractivity (Wildman–Crippen MR) is 109 cm³/mol. The number of aliphatic imine (C=N–C) groups is 1. The van der Waals surface area contributed by atoms with Gasteiger partial charge >= 0.3 is 0 Å². The Morgan fingerprint density at radius 2 is 1.67 bits per heavy atom. The Morgan fingerprint density at radius 1 is 1.00 bits per heavy atom. The molecular formula is C20H14BrN3O3. The van der Waals surface area contributed by atoms with E-state index in [4.69, 9.17) is 0 Å². The van der Waals surface area contributed by atoms with E-state index in [1.807, 2.05) is 12.1 Å². The Balaban J connectivity index is 1.65. The van der Waals surface area contributed by atoms with Gasteiger partial charge in [-0.15, -0.1) is 0 Å². The third-order valence-electron chi connectivity index (χ3n) is 3.71. The second kappa shape index (κ2) is 8.37. The zero-order valence-corrected chi connectivity index (χ0v) is 15.6. The number of carbonyl (C=O) groups excluding carboxylic acids is 1. The minimum absolute atomic E-state index is 0.0392. The molecule has 0 saturated heterocycles. The van der Waals surface area contributed by atoms with Crippen molar-refractivity contribution in [3.8, 4) is 0 Å². The highest BCUT2D eigenvalue weighted by molar-refractivity contribution is 9.10. The Kier molecular flexibility index (Phi) is 5.73. The zero-order chi connectivity index (χ0) is 19.2. The smallest absolute Gasteiger partial charge is 0.269 e. The molecule has 0 aromatic heterocycles. The summed E-state index contributed by atoms with van der Waals surface area (Å²) in [4.78, 5) is 26.8. The minimum atomic E-state index is -0.443. The molecule has 0 radical (unpaired) electrons. The molecule has 0 aliphatic rings. The summed E-state index contributed by atoms with van der Waals surface area (Å²) < 4.78 is 0.729. The lowest BCUT2D eigenvalue weighted by molar-refractivity contribution is -0.384. The number of hydrogen-bond donors (Lipinski definition) is 1. The Morgan fingerprint density at radius 3 is 2.30 bits per heavy atom. The molecule has 0 saturated carbocycles. The molecule has 134 valence electrons. The summed E-state index contributed by atoms with van der Waals surface area (Å²) in [7, 11) is 0. The van der Waals surface area contributed by atoms with Crippen LogP contribution in [0.5, 0.6) is 0 Å². The third kappa shape index (κ3) is 4.86. The van der Waals surface area contributed by atoms with Crippen LogP contribution in [0.2, 0.25) is 0 Å². The third-order valence-corrected chi connectivity index (χ3v) is 4.40. The summed E-state index contributed by atoms with van der Waals surface area (Å²) in [6.07, 6.45) is 1.62. The quantitative estimate of drug-likeness (QED) is 0.340. The van der Waals surface area contributed by atoms with E-state index < -0.39 is 4.92 Å². The fraction of sp³-hybridized carbons (Fsp3) is 0. The van der Waals surface area contributed by atoms with Crippen molar-refractivity contribution in [3.63, 3.8) is 0 Å². The van der Waals surface area contributed by atoms with Crippen molar-refractivity contribution in [2.75, 3.05) is 5.32 Å². The predicted octanol–water partition coefficient (Wildman–Crippen LogP) is 5.36. The van der Waals surface area contributed by atoms with Crippen LogP contribution >= 0.6 is 15.9 Å². The van der Waals surface area contributed by atoms with Crippen LogP contribution in [0.1, 0.15) is 15.9 Å². The fourth-order valence-corrected chi connectivity index (χ4v) is 2.77. The number of non-ortho nitro benzene ring substituents is 1. The van der Waals surface area contributed by atoms with Gasteiger partial charge in [0.1, 0.15) is 0 Å². The molecule has 3 rings (SSSR count). The number of hydrogen-bond acceptors (Lipinski definition) is 4. The van der Waals surface area contributed by atoms with Crippen LogP contribution in [-0.2, 0) is 0 Å². The molecule has 3 aromatic rings. The second-order valence-corrected chi connectivity index (χ2v) is 6.44. The number of nitro benzene ring substituents is 1. The maximum Gasteiger partial charge on any atom is 0.269 e. The van der Waals surface area contributed by atoms with Gasteiger partial charge in [-0.1, -0.05) is 12.1 Å². The molecule has 3 aromatic carbocycles. The molecular weight excluding hydrogens is 410 g/mol. The van der Waals surface area contributed by atoms with Crippen LogP contribution in [0, 0.1) is 10.1 Å². The number of amides is 1. The van der Waals surface area contributed by atoms with E-state index in [1.165, 1.54) is 12.1 Å². The lowest BCUT2D eigenvalue weighted by Gasteiger charge is -2.07. The van der Waals surface area contributed by atoms with Gasteiger partial charge in [-0.3, -0.25) is 19.9 Å². The first kappa shape index (κ1) is 18.5. The van der Waals surface area contributed by atoms with Gasteiger partial charge < -0.3 is 5.32 Å². The van der Waals surface area contributed by atoms with E-state index in [0.717, 1.165) is 10.0 Å².